The highest BCUT2D eigenvalue weighted by atomic mass is 16.4. The zero-order valence-electron chi connectivity index (χ0n) is 21.9. The summed E-state index contributed by atoms with van der Waals surface area (Å²) in [6, 6.07) is 6.33. The number of unbranched alkanes of at least 4 members (excludes halogenated alkanes) is 2. The third-order valence-corrected chi connectivity index (χ3v) is 6.09. The summed E-state index contributed by atoms with van der Waals surface area (Å²) in [5, 5.41) is 40.2. The van der Waals surface area contributed by atoms with Crippen molar-refractivity contribution in [2.45, 2.75) is 31.7 Å². The number of hydrogen-bond acceptors (Lipinski definition) is 9. The van der Waals surface area contributed by atoms with Crippen molar-refractivity contribution in [2.75, 3.05) is 51.1 Å². The molecule has 0 bridgehead atoms. The smallest absolute Gasteiger partial charge is 0.317 e. The third-order valence-electron chi connectivity index (χ3n) is 6.09. The lowest BCUT2D eigenvalue weighted by Gasteiger charge is -2.33. The zero-order valence-corrected chi connectivity index (χ0v) is 21.9. The van der Waals surface area contributed by atoms with E-state index in [1.807, 2.05) is 0 Å². The van der Waals surface area contributed by atoms with E-state index in [9.17, 15) is 49.2 Å². The van der Waals surface area contributed by atoms with Gasteiger partial charge in [0.1, 0.15) is 0 Å². The maximum Gasteiger partial charge on any atom is 0.317 e. The number of carboxylic acids is 4. The quantitative estimate of drug-likeness (QED) is 0.105. The van der Waals surface area contributed by atoms with Gasteiger partial charge in [0, 0.05) is 43.5 Å². The average molecular weight is 563 g/mol. The molecule has 0 aromatic heterocycles. The van der Waals surface area contributed by atoms with Crippen LogP contribution >= 0.6 is 0 Å². The van der Waals surface area contributed by atoms with Crippen molar-refractivity contribution in [2.24, 2.45) is 0 Å². The van der Waals surface area contributed by atoms with Crippen LogP contribution in [0, 0.1) is 0 Å². The number of nitrogens with zero attached hydrogens (tertiary/aromatic N) is 3. The average Bonchev–Trinajstić information content (AvgIpc) is 3.17. The van der Waals surface area contributed by atoms with E-state index in [2.05, 4.69) is 5.32 Å². The number of nitrogens with one attached hydrogen (secondary N) is 1. The van der Waals surface area contributed by atoms with Crippen LogP contribution in [0.15, 0.2) is 36.4 Å². The molecular weight excluding hydrogens is 528 g/mol. The second kappa shape index (κ2) is 16.0. The molecule has 1 aromatic rings. The first kappa shape index (κ1) is 31.9. The standard InChI is InChI=1S/C26H34N4O10/c31-21-8-9-22(32)30(21)11-3-1-2-10-27-19-6-4-18(5-7-19)12-20(29(16-25(37)38)17-26(39)40)13-28(14-23(33)34)15-24(35)36/h4-9,20,27H,1-3,10-17H2,(H,33,34)(H,35,36)(H,37,38)(H,39,40)/t20-/m0/s1. The largest absolute Gasteiger partial charge is 0.480 e. The summed E-state index contributed by atoms with van der Waals surface area (Å²) in [4.78, 5) is 71.9. The number of hydrogen-bond donors (Lipinski definition) is 5. The van der Waals surface area contributed by atoms with Crippen LogP contribution in [0.2, 0.25) is 0 Å². The van der Waals surface area contributed by atoms with Crippen molar-refractivity contribution < 1.29 is 49.2 Å². The Labute approximate surface area is 230 Å². The van der Waals surface area contributed by atoms with Gasteiger partial charge >= 0.3 is 23.9 Å². The first-order valence-corrected chi connectivity index (χ1v) is 12.6. The number of benzene rings is 1. The van der Waals surface area contributed by atoms with E-state index in [-0.39, 0.29) is 24.8 Å². The van der Waals surface area contributed by atoms with Gasteiger partial charge in [0.15, 0.2) is 0 Å². The maximum absolute atomic E-state index is 11.6. The number of carbonyl (C=O) groups is 6. The Morgan fingerprint density at radius 3 is 1.77 bits per heavy atom. The van der Waals surface area contributed by atoms with Crippen LogP contribution in [0.5, 0.6) is 0 Å². The van der Waals surface area contributed by atoms with Crippen LogP contribution in [0.1, 0.15) is 24.8 Å². The normalized spacial score (nSPS) is 13.7. The Bertz CT molecular complexity index is 1060. The Morgan fingerprint density at radius 2 is 1.27 bits per heavy atom. The molecule has 218 valence electrons. The topological polar surface area (TPSA) is 205 Å². The summed E-state index contributed by atoms with van der Waals surface area (Å²) in [6.45, 7) is -1.63. The molecule has 0 spiro atoms. The van der Waals surface area contributed by atoms with Gasteiger partial charge in [-0.2, -0.15) is 0 Å². The molecule has 1 aliphatic rings. The molecular formula is C26H34N4O10. The van der Waals surface area contributed by atoms with Gasteiger partial charge in [0.25, 0.3) is 11.8 Å². The Morgan fingerprint density at radius 1 is 0.750 bits per heavy atom. The lowest BCUT2D eigenvalue weighted by molar-refractivity contribution is -0.146. The summed E-state index contributed by atoms with van der Waals surface area (Å²) >= 11 is 0. The molecule has 2 rings (SSSR count). The van der Waals surface area contributed by atoms with E-state index in [4.69, 9.17) is 0 Å². The monoisotopic (exact) mass is 562 g/mol. The Kier molecular flexibility index (Phi) is 12.7. The maximum atomic E-state index is 11.6. The summed E-state index contributed by atoms with van der Waals surface area (Å²) in [5.74, 6) is -5.68. The van der Waals surface area contributed by atoms with Crippen molar-refractivity contribution in [1.82, 2.24) is 14.7 Å². The van der Waals surface area contributed by atoms with E-state index in [0.29, 0.717) is 19.5 Å². The summed E-state index contributed by atoms with van der Waals surface area (Å²) in [7, 11) is 0. The summed E-state index contributed by atoms with van der Waals surface area (Å²) < 4.78 is 0. The van der Waals surface area contributed by atoms with E-state index in [1.54, 1.807) is 24.3 Å². The molecule has 0 saturated heterocycles. The number of amides is 2. The molecule has 0 fully saturated rings. The van der Waals surface area contributed by atoms with Crippen LogP contribution < -0.4 is 5.32 Å². The van der Waals surface area contributed by atoms with E-state index < -0.39 is 56.1 Å². The van der Waals surface area contributed by atoms with Crippen LogP contribution in [-0.4, -0.2) is 123 Å². The van der Waals surface area contributed by atoms with Crippen LogP contribution in [0.25, 0.3) is 0 Å². The number of anilines is 1. The van der Waals surface area contributed by atoms with Crippen LogP contribution in [0.3, 0.4) is 0 Å². The minimum atomic E-state index is -1.27. The van der Waals surface area contributed by atoms with Crippen molar-refractivity contribution >= 4 is 41.4 Å². The highest BCUT2D eigenvalue weighted by molar-refractivity contribution is 6.12. The number of imide groups is 1. The molecule has 1 aromatic carbocycles. The second-order valence-electron chi connectivity index (χ2n) is 9.35. The lowest BCUT2D eigenvalue weighted by atomic mass is 10.0. The molecule has 1 aliphatic heterocycles. The van der Waals surface area contributed by atoms with Crippen molar-refractivity contribution in [3.05, 3.63) is 42.0 Å². The first-order chi connectivity index (χ1) is 18.9. The molecule has 0 radical (unpaired) electrons. The number of carboxylic acid groups (broad SMARTS) is 4. The molecule has 1 atom stereocenters. The predicted molar refractivity (Wildman–Crippen MR) is 141 cm³/mol. The van der Waals surface area contributed by atoms with Crippen LogP contribution in [0.4, 0.5) is 5.69 Å². The molecule has 0 aliphatic carbocycles. The van der Waals surface area contributed by atoms with Crippen molar-refractivity contribution in [3.8, 4) is 0 Å². The third kappa shape index (κ3) is 11.6. The number of aliphatic carboxylic acids is 4. The van der Waals surface area contributed by atoms with E-state index in [1.165, 1.54) is 22.0 Å². The van der Waals surface area contributed by atoms with E-state index in [0.717, 1.165) is 29.0 Å². The fourth-order valence-corrected chi connectivity index (χ4v) is 4.32. The van der Waals surface area contributed by atoms with Crippen LogP contribution in [-0.2, 0) is 35.2 Å². The fourth-order valence-electron chi connectivity index (χ4n) is 4.32. The minimum Gasteiger partial charge on any atom is -0.480 e. The molecule has 14 nitrogen and oxygen atoms in total. The molecule has 2 amide bonds. The minimum absolute atomic E-state index is 0.152. The molecule has 0 saturated carbocycles. The van der Waals surface area contributed by atoms with Gasteiger partial charge in [-0.3, -0.25) is 43.5 Å². The highest BCUT2D eigenvalue weighted by Crippen LogP contribution is 2.16. The Hall–Kier alpha value is -4.30. The zero-order chi connectivity index (χ0) is 29.7. The molecule has 0 unspecified atom stereocenters. The van der Waals surface area contributed by atoms with Gasteiger partial charge in [-0.05, 0) is 43.4 Å². The van der Waals surface area contributed by atoms with Gasteiger partial charge in [-0.15, -0.1) is 0 Å². The van der Waals surface area contributed by atoms with Gasteiger partial charge in [0.2, 0.25) is 0 Å². The predicted octanol–water partition coefficient (Wildman–Crippen LogP) is 0.0473. The molecule has 1 heterocycles. The lowest BCUT2D eigenvalue weighted by Crippen LogP contribution is -2.50. The van der Waals surface area contributed by atoms with Crippen molar-refractivity contribution in [3.63, 3.8) is 0 Å². The summed E-state index contributed by atoms with van der Waals surface area (Å²) in [6.07, 6.45) is 4.96. The second-order valence-corrected chi connectivity index (χ2v) is 9.35. The SMILES string of the molecule is O=C(O)CN(CC(=O)O)C[C@H](Cc1ccc(NCCCCCN2C(=O)C=CC2=O)cc1)N(CC(=O)O)CC(=O)O. The molecule has 40 heavy (non-hydrogen) atoms. The number of carbonyl (C=O) groups excluding carboxylic acids is 2. The molecule has 5 N–H and O–H groups in total. The molecule has 14 heteroatoms. The fraction of sp³-hybridized carbons (Fsp3) is 0.462. The van der Waals surface area contributed by atoms with Gasteiger partial charge in [-0.1, -0.05) is 12.1 Å². The van der Waals surface area contributed by atoms with Gasteiger partial charge < -0.3 is 25.7 Å². The van der Waals surface area contributed by atoms with E-state index >= 15 is 0 Å². The van der Waals surface area contributed by atoms with Crippen molar-refractivity contribution in [1.29, 1.82) is 0 Å². The van der Waals surface area contributed by atoms with Gasteiger partial charge in [-0.25, -0.2) is 0 Å². The number of rotatable bonds is 20. The summed E-state index contributed by atoms with van der Waals surface area (Å²) in [5.41, 5.74) is 1.52. The van der Waals surface area contributed by atoms with Gasteiger partial charge in [0.05, 0.1) is 26.2 Å². The highest BCUT2D eigenvalue weighted by Gasteiger charge is 2.27. The first-order valence-electron chi connectivity index (χ1n) is 12.6. The Balaban J connectivity index is 1.98.